The van der Waals surface area contributed by atoms with Crippen LogP contribution in [0.3, 0.4) is 0 Å². The van der Waals surface area contributed by atoms with E-state index in [4.69, 9.17) is 9.78 Å². The molecule has 1 unspecified atom stereocenters. The fourth-order valence-corrected chi connectivity index (χ4v) is 0.853. The zero-order chi connectivity index (χ0) is 6.91. The van der Waals surface area contributed by atoms with Crippen molar-refractivity contribution in [3.05, 3.63) is 0 Å². The average Bonchev–Trinajstić information content (AvgIpc) is 1.78. The van der Waals surface area contributed by atoms with Gasteiger partial charge >= 0.3 is 0 Å². The lowest BCUT2D eigenvalue weighted by molar-refractivity contribution is -0.397. The maximum atomic E-state index is 5.08. The van der Waals surface area contributed by atoms with Crippen LogP contribution >= 0.6 is 0 Å². The molecule has 0 aromatic carbocycles. The van der Waals surface area contributed by atoms with Crippen molar-refractivity contribution in [2.24, 2.45) is 0 Å². The van der Waals surface area contributed by atoms with E-state index in [1.54, 1.807) is 0 Å². The number of hydrogen-bond acceptors (Lipinski definition) is 2. The molecule has 2 heteroatoms. The molecule has 2 nitrogen and oxygen atoms in total. The van der Waals surface area contributed by atoms with Crippen LogP contribution in [0.15, 0.2) is 0 Å². The van der Waals surface area contributed by atoms with Crippen molar-refractivity contribution in [1.29, 1.82) is 0 Å². The third kappa shape index (κ3) is 1.95. The van der Waals surface area contributed by atoms with Crippen molar-refractivity contribution < 1.29 is 9.78 Å². The Morgan fingerprint density at radius 3 is 2.44 bits per heavy atom. The minimum Gasteiger partial charge on any atom is -0.233 e. The van der Waals surface area contributed by atoms with Gasteiger partial charge in [0.25, 0.3) is 0 Å². The summed E-state index contributed by atoms with van der Waals surface area (Å²) in [7, 11) is 0. The van der Waals surface area contributed by atoms with E-state index in [0.29, 0.717) is 0 Å². The summed E-state index contributed by atoms with van der Waals surface area (Å²) >= 11 is 0. The lowest BCUT2D eigenvalue weighted by Gasteiger charge is -2.31. The van der Waals surface area contributed by atoms with Crippen LogP contribution in [0.25, 0.3) is 0 Å². The first-order valence-corrected chi connectivity index (χ1v) is 3.45. The lowest BCUT2D eigenvalue weighted by Crippen LogP contribution is -2.33. The van der Waals surface area contributed by atoms with E-state index >= 15 is 0 Å². The Labute approximate surface area is 56.1 Å². The van der Waals surface area contributed by atoms with Gasteiger partial charge < -0.3 is 0 Å². The van der Waals surface area contributed by atoms with Gasteiger partial charge in [-0.3, -0.25) is 0 Å². The van der Waals surface area contributed by atoms with E-state index in [9.17, 15) is 0 Å². The second-order valence-electron chi connectivity index (χ2n) is 3.29. The zero-order valence-electron chi connectivity index (χ0n) is 6.31. The molecule has 1 rings (SSSR count). The predicted octanol–water partition coefficient (Wildman–Crippen LogP) is 1.90. The SMILES string of the molecule is CC1CCC(C)(C)OO1. The van der Waals surface area contributed by atoms with E-state index in [1.165, 1.54) is 0 Å². The fraction of sp³-hybridized carbons (Fsp3) is 1.00. The van der Waals surface area contributed by atoms with Gasteiger partial charge in [-0.15, -0.1) is 0 Å². The van der Waals surface area contributed by atoms with Crippen molar-refractivity contribution >= 4 is 0 Å². The van der Waals surface area contributed by atoms with E-state index in [2.05, 4.69) is 0 Å². The molecule has 1 heterocycles. The van der Waals surface area contributed by atoms with Crippen LogP contribution in [0.1, 0.15) is 33.6 Å². The van der Waals surface area contributed by atoms with Gasteiger partial charge in [0.05, 0.1) is 11.7 Å². The van der Waals surface area contributed by atoms with Crippen LogP contribution in [0.4, 0.5) is 0 Å². The van der Waals surface area contributed by atoms with Crippen molar-refractivity contribution in [1.82, 2.24) is 0 Å². The highest BCUT2D eigenvalue weighted by Crippen LogP contribution is 2.24. The van der Waals surface area contributed by atoms with E-state index in [-0.39, 0.29) is 11.7 Å². The lowest BCUT2D eigenvalue weighted by atomic mass is 10.0. The first kappa shape index (κ1) is 7.03. The van der Waals surface area contributed by atoms with Gasteiger partial charge in [-0.2, -0.15) is 0 Å². The molecule has 0 saturated carbocycles. The molecule has 1 atom stereocenters. The molecule has 0 aliphatic carbocycles. The summed E-state index contributed by atoms with van der Waals surface area (Å²) in [5.41, 5.74) is -0.0630. The predicted molar refractivity (Wildman–Crippen MR) is 34.9 cm³/mol. The standard InChI is InChI=1S/C7H14O2/c1-6-4-5-7(2,3)9-8-6/h6H,4-5H2,1-3H3. The van der Waals surface area contributed by atoms with E-state index in [0.717, 1.165) is 12.8 Å². The summed E-state index contributed by atoms with van der Waals surface area (Å²) in [6.07, 6.45) is 2.47. The van der Waals surface area contributed by atoms with Crippen LogP contribution in [-0.4, -0.2) is 11.7 Å². The second kappa shape index (κ2) is 2.27. The third-order valence-corrected chi connectivity index (χ3v) is 1.59. The summed E-state index contributed by atoms with van der Waals surface area (Å²) in [6, 6.07) is 0. The Morgan fingerprint density at radius 1 is 1.44 bits per heavy atom. The first-order chi connectivity index (χ1) is 4.10. The smallest absolute Gasteiger partial charge is 0.0981 e. The molecular formula is C7H14O2. The molecule has 0 N–H and O–H groups in total. The van der Waals surface area contributed by atoms with Crippen LogP contribution in [0, 0.1) is 0 Å². The minimum absolute atomic E-state index is 0.0630. The first-order valence-electron chi connectivity index (χ1n) is 3.45. The van der Waals surface area contributed by atoms with E-state index < -0.39 is 0 Å². The van der Waals surface area contributed by atoms with Gasteiger partial charge in [0, 0.05) is 0 Å². The Hall–Kier alpha value is -0.0800. The van der Waals surface area contributed by atoms with Gasteiger partial charge in [-0.1, -0.05) is 0 Å². The van der Waals surface area contributed by atoms with Gasteiger partial charge in [0.2, 0.25) is 0 Å². The molecule has 1 fully saturated rings. The molecule has 1 aliphatic rings. The summed E-state index contributed by atoms with van der Waals surface area (Å²) in [6.45, 7) is 6.10. The summed E-state index contributed by atoms with van der Waals surface area (Å²) in [4.78, 5) is 10.1. The third-order valence-electron chi connectivity index (χ3n) is 1.59. The molecule has 1 saturated heterocycles. The van der Waals surface area contributed by atoms with Crippen LogP contribution in [-0.2, 0) is 9.78 Å². The average molecular weight is 130 g/mol. The highest BCUT2D eigenvalue weighted by atomic mass is 17.2. The highest BCUT2D eigenvalue weighted by molar-refractivity contribution is 4.70. The van der Waals surface area contributed by atoms with Crippen LogP contribution < -0.4 is 0 Å². The van der Waals surface area contributed by atoms with Crippen LogP contribution in [0.2, 0.25) is 0 Å². The Kier molecular flexibility index (Phi) is 1.78. The van der Waals surface area contributed by atoms with Crippen molar-refractivity contribution in [2.75, 3.05) is 0 Å². The topological polar surface area (TPSA) is 18.5 Å². The van der Waals surface area contributed by atoms with Crippen LogP contribution in [0.5, 0.6) is 0 Å². The molecular weight excluding hydrogens is 116 g/mol. The largest absolute Gasteiger partial charge is 0.233 e. The molecule has 0 amide bonds. The Bertz CT molecular complexity index is 89.1. The molecule has 1 aliphatic heterocycles. The summed E-state index contributed by atoms with van der Waals surface area (Å²) in [5.74, 6) is 0. The molecule has 0 spiro atoms. The summed E-state index contributed by atoms with van der Waals surface area (Å²) in [5, 5.41) is 0. The quantitative estimate of drug-likeness (QED) is 0.466. The van der Waals surface area contributed by atoms with Crippen molar-refractivity contribution in [2.45, 2.75) is 45.3 Å². The molecule has 0 aromatic heterocycles. The number of hydrogen-bond donors (Lipinski definition) is 0. The zero-order valence-corrected chi connectivity index (χ0v) is 6.31. The molecule has 9 heavy (non-hydrogen) atoms. The molecule has 54 valence electrons. The normalized spacial score (nSPS) is 34.3. The fourth-order valence-electron chi connectivity index (χ4n) is 0.853. The number of rotatable bonds is 0. The van der Waals surface area contributed by atoms with E-state index in [1.807, 2.05) is 20.8 Å². The molecule has 0 aromatic rings. The van der Waals surface area contributed by atoms with Crippen molar-refractivity contribution in [3.8, 4) is 0 Å². The van der Waals surface area contributed by atoms with Gasteiger partial charge in [-0.05, 0) is 33.6 Å². The highest BCUT2D eigenvalue weighted by Gasteiger charge is 2.26. The monoisotopic (exact) mass is 130 g/mol. The minimum atomic E-state index is -0.0630. The second-order valence-corrected chi connectivity index (χ2v) is 3.29. The van der Waals surface area contributed by atoms with Crippen molar-refractivity contribution in [3.63, 3.8) is 0 Å². The molecule has 0 bridgehead atoms. The Balaban J connectivity index is 2.35. The summed E-state index contributed by atoms with van der Waals surface area (Å²) < 4.78 is 0. The molecule has 0 radical (unpaired) electrons. The maximum Gasteiger partial charge on any atom is 0.0981 e. The maximum absolute atomic E-state index is 5.08. The van der Waals surface area contributed by atoms with Gasteiger partial charge in [0.15, 0.2) is 0 Å². The Morgan fingerprint density at radius 2 is 2.11 bits per heavy atom. The van der Waals surface area contributed by atoms with Gasteiger partial charge in [0.1, 0.15) is 0 Å². The van der Waals surface area contributed by atoms with Gasteiger partial charge in [-0.25, -0.2) is 9.78 Å².